The summed E-state index contributed by atoms with van der Waals surface area (Å²) in [6, 6.07) is 9.64. The fourth-order valence-electron chi connectivity index (χ4n) is 1.90. The van der Waals surface area contributed by atoms with Gasteiger partial charge in [-0.1, -0.05) is 24.3 Å². The average Bonchev–Trinajstić information content (AvgIpc) is 3.15. The van der Waals surface area contributed by atoms with Gasteiger partial charge in [-0.05, 0) is 30.0 Å². The van der Waals surface area contributed by atoms with Crippen molar-refractivity contribution >= 4 is 10.0 Å². The van der Waals surface area contributed by atoms with Crippen LogP contribution in [0, 0.1) is 0 Å². The van der Waals surface area contributed by atoms with E-state index in [1.54, 1.807) is 6.20 Å². The van der Waals surface area contributed by atoms with Gasteiger partial charge in [-0.25, -0.2) is 13.1 Å². The number of hydrogen-bond donors (Lipinski definition) is 2. The molecule has 0 aliphatic heterocycles. The zero-order chi connectivity index (χ0) is 13.3. The maximum Gasteiger partial charge on any atom is 0.214 e. The predicted molar refractivity (Wildman–Crippen MR) is 72.8 cm³/mol. The Kier molecular flexibility index (Phi) is 3.12. The summed E-state index contributed by atoms with van der Waals surface area (Å²) >= 11 is 0. The highest BCUT2D eigenvalue weighted by molar-refractivity contribution is 7.90. The van der Waals surface area contributed by atoms with Crippen LogP contribution in [0.1, 0.15) is 18.4 Å². The molecule has 5 nitrogen and oxygen atoms in total. The molecule has 19 heavy (non-hydrogen) atoms. The number of hydrogen-bond acceptors (Lipinski definition) is 3. The van der Waals surface area contributed by atoms with E-state index < -0.39 is 10.0 Å². The van der Waals surface area contributed by atoms with Gasteiger partial charge in [-0.3, -0.25) is 5.10 Å². The van der Waals surface area contributed by atoms with Gasteiger partial charge in [-0.15, -0.1) is 0 Å². The third kappa shape index (κ3) is 2.85. The fraction of sp³-hybridized carbons (Fsp3) is 0.308. The van der Waals surface area contributed by atoms with E-state index in [1.165, 1.54) is 0 Å². The van der Waals surface area contributed by atoms with Crippen molar-refractivity contribution in [3.8, 4) is 11.3 Å². The van der Waals surface area contributed by atoms with Crippen LogP contribution in [-0.2, 0) is 16.6 Å². The van der Waals surface area contributed by atoms with E-state index in [1.807, 2.05) is 30.3 Å². The molecule has 2 N–H and O–H groups in total. The lowest BCUT2D eigenvalue weighted by Crippen LogP contribution is -2.26. The fourth-order valence-corrected chi connectivity index (χ4v) is 3.26. The third-order valence-electron chi connectivity index (χ3n) is 3.21. The number of aromatic nitrogens is 2. The molecular weight excluding hydrogens is 262 g/mol. The van der Waals surface area contributed by atoms with E-state index in [9.17, 15) is 8.42 Å². The van der Waals surface area contributed by atoms with Crippen molar-refractivity contribution in [1.82, 2.24) is 14.9 Å². The van der Waals surface area contributed by atoms with E-state index in [-0.39, 0.29) is 5.25 Å². The number of sulfonamides is 1. The Hall–Kier alpha value is -1.66. The summed E-state index contributed by atoms with van der Waals surface area (Å²) in [6.45, 7) is 0.349. The van der Waals surface area contributed by atoms with Gasteiger partial charge in [0.05, 0.1) is 10.9 Å². The van der Waals surface area contributed by atoms with Crippen LogP contribution in [0.5, 0.6) is 0 Å². The molecule has 1 saturated carbocycles. The van der Waals surface area contributed by atoms with E-state index in [0.29, 0.717) is 6.54 Å². The van der Waals surface area contributed by atoms with Crippen molar-refractivity contribution in [2.24, 2.45) is 0 Å². The molecule has 2 aromatic rings. The quantitative estimate of drug-likeness (QED) is 0.872. The number of nitrogens with zero attached hydrogens (tertiary/aromatic N) is 1. The lowest BCUT2D eigenvalue weighted by atomic mass is 10.1. The van der Waals surface area contributed by atoms with Gasteiger partial charge in [0.2, 0.25) is 10.0 Å². The second-order valence-electron chi connectivity index (χ2n) is 4.73. The van der Waals surface area contributed by atoms with Crippen LogP contribution in [0.2, 0.25) is 0 Å². The van der Waals surface area contributed by atoms with Gasteiger partial charge in [0.25, 0.3) is 0 Å². The second kappa shape index (κ2) is 4.79. The molecule has 1 aliphatic carbocycles. The molecule has 1 aromatic heterocycles. The van der Waals surface area contributed by atoms with Crippen LogP contribution in [0.4, 0.5) is 0 Å². The third-order valence-corrected chi connectivity index (χ3v) is 5.10. The number of aromatic amines is 1. The second-order valence-corrected chi connectivity index (χ2v) is 6.78. The minimum atomic E-state index is -3.10. The van der Waals surface area contributed by atoms with Crippen LogP contribution in [0.25, 0.3) is 11.3 Å². The van der Waals surface area contributed by atoms with Crippen LogP contribution >= 0.6 is 0 Å². The number of benzene rings is 1. The maximum absolute atomic E-state index is 11.7. The normalized spacial score (nSPS) is 15.6. The van der Waals surface area contributed by atoms with E-state index in [4.69, 9.17) is 0 Å². The summed E-state index contributed by atoms with van der Waals surface area (Å²) in [7, 11) is -3.10. The average molecular weight is 277 g/mol. The van der Waals surface area contributed by atoms with E-state index in [2.05, 4.69) is 14.9 Å². The topological polar surface area (TPSA) is 74.8 Å². The first-order valence-electron chi connectivity index (χ1n) is 6.22. The molecule has 0 spiro atoms. The van der Waals surface area contributed by atoms with E-state index >= 15 is 0 Å². The molecule has 0 bridgehead atoms. The van der Waals surface area contributed by atoms with Crippen LogP contribution in [0.15, 0.2) is 36.5 Å². The summed E-state index contributed by atoms with van der Waals surface area (Å²) in [4.78, 5) is 0. The standard InChI is InChI=1S/C13H15N3O2S/c17-19(18,12-5-6-12)15-9-10-1-3-11(4-2-10)13-7-8-14-16-13/h1-4,7-8,12,15H,5-6,9H2,(H,14,16). The highest BCUT2D eigenvalue weighted by atomic mass is 32.2. The highest BCUT2D eigenvalue weighted by Crippen LogP contribution is 2.27. The zero-order valence-electron chi connectivity index (χ0n) is 10.3. The molecule has 6 heteroatoms. The first-order chi connectivity index (χ1) is 9.15. The molecule has 1 heterocycles. The van der Waals surface area contributed by atoms with Crippen molar-refractivity contribution < 1.29 is 8.42 Å². The van der Waals surface area contributed by atoms with Crippen molar-refractivity contribution in [2.75, 3.05) is 0 Å². The largest absolute Gasteiger partial charge is 0.278 e. The summed E-state index contributed by atoms with van der Waals surface area (Å²) < 4.78 is 26.0. The van der Waals surface area contributed by atoms with Gasteiger partial charge in [0, 0.05) is 12.7 Å². The van der Waals surface area contributed by atoms with Gasteiger partial charge >= 0.3 is 0 Å². The number of rotatable bonds is 5. The molecule has 0 amide bonds. The number of nitrogens with one attached hydrogen (secondary N) is 2. The first-order valence-corrected chi connectivity index (χ1v) is 7.77. The van der Waals surface area contributed by atoms with Gasteiger partial charge in [-0.2, -0.15) is 5.10 Å². The van der Waals surface area contributed by atoms with Crippen molar-refractivity contribution in [3.05, 3.63) is 42.1 Å². The number of H-pyrrole nitrogens is 1. The molecular formula is C13H15N3O2S. The molecule has 3 rings (SSSR count). The minimum Gasteiger partial charge on any atom is -0.278 e. The zero-order valence-corrected chi connectivity index (χ0v) is 11.2. The van der Waals surface area contributed by atoms with Crippen molar-refractivity contribution in [2.45, 2.75) is 24.6 Å². The Bertz CT molecular complexity index is 644. The van der Waals surface area contributed by atoms with Crippen molar-refractivity contribution in [1.29, 1.82) is 0 Å². The Morgan fingerprint density at radius 2 is 1.95 bits per heavy atom. The smallest absolute Gasteiger partial charge is 0.214 e. The van der Waals surface area contributed by atoms with Gasteiger partial charge < -0.3 is 0 Å². The minimum absolute atomic E-state index is 0.170. The molecule has 1 aromatic carbocycles. The van der Waals surface area contributed by atoms with E-state index in [0.717, 1.165) is 29.7 Å². The highest BCUT2D eigenvalue weighted by Gasteiger charge is 2.35. The molecule has 1 fully saturated rings. The van der Waals surface area contributed by atoms with Crippen LogP contribution in [0.3, 0.4) is 0 Å². The Morgan fingerprint density at radius 3 is 2.53 bits per heavy atom. The van der Waals surface area contributed by atoms with Crippen LogP contribution in [-0.4, -0.2) is 23.9 Å². The summed E-state index contributed by atoms with van der Waals surface area (Å²) in [5, 5.41) is 6.62. The lowest BCUT2D eigenvalue weighted by molar-refractivity contribution is 0.580. The molecule has 0 atom stereocenters. The predicted octanol–water partition coefficient (Wildman–Crippen LogP) is 1.66. The Balaban J connectivity index is 1.66. The summed E-state index contributed by atoms with van der Waals surface area (Å²) in [5.41, 5.74) is 2.93. The Morgan fingerprint density at radius 1 is 1.21 bits per heavy atom. The first kappa shape index (κ1) is 12.4. The monoisotopic (exact) mass is 277 g/mol. The molecule has 0 unspecified atom stereocenters. The SMILES string of the molecule is O=S(=O)(NCc1ccc(-c2ccn[nH]2)cc1)C1CC1. The van der Waals surface area contributed by atoms with Gasteiger partial charge in [0.1, 0.15) is 0 Å². The molecule has 0 radical (unpaired) electrons. The lowest BCUT2D eigenvalue weighted by Gasteiger charge is -2.06. The molecule has 100 valence electrons. The van der Waals surface area contributed by atoms with Crippen molar-refractivity contribution in [3.63, 3.8) is 0 Å². The molecule has 1 aliphatic rings. The van der Waals surface area contributed by atoms with Crippen LogP contribution < -0.4 is 4.72 Å². The van der Waals surface area contributed by atoms with Gasteiger partial charge in [0.15, 0.2) is 0 Å². The summed E-state index contributed by atoms with van der Waals surface area (Å²) in [5.74, 6) is 0. The summed E-state index contributed by atoms with van der Waals surface area (Å²) in [6.07, 6.45) is 3.27. The maximum atomic E-state index is 11.7. The molecule has 0 saturated heterocycles. The Labute approximate surface area is 112 Å².